The van der Waals surface area contributed by atoms with E-state index in [9.17, 15) is 52.8 Å². The molecule has 236 valence electrons. The monoisotopic (exact) mass is 623 g/mol. The maximum absolute atomic E-state index is 13.5. The predicted molar refractivity (Wildman–Crippen MR) is 140 cm³/mol. The quantitative estimate of drug-likeness (QED) is 0.206. The Morgan fingerprint density at radius 2 is 1.68 bits per heavy atom. The van der Waals surface area contributed by atoms with Crippen molar-refractivity contribution in [2.45, 2.75) is 75.5 Å². The molecule has 1 heterocycles. The number of phenols is 2. The molecule has 6 atom stereocenters. The summed E-state index contributed by atoms with van der Waals surface area (Å²) < 4.78 is 55.4. The second-order valence-electron chi connectivity index (χ2n) is 11.1. The van der Waals surface area contributed by atoms with Crippen LogP contribution in [0.1, 0.15) is 75.8 Å². The third-order valence-electron chi connectivity index (χ3n) is 7.99. The number of hydrogen-bond acceptors (Lipinski definition) is 11. The van der Waals surface area contributed by atoms with Crippen molar-refractivity contribution < 1.29 is 67.0 Å². The molecule has 44 heavy (non-hydrogen) atoms. The van der Waals surface area contributed by atoms with Gasteiger partial charge in [0.05, 0.1) is 29.4 Å². The third kappa shape index (κ3) is 5.51. The van der Waals surface area contributed by atoms with E-state index in [0.717, 1.165) is 6.92 Å². The first kappa shape index (κ1) is 31.4. The minimum atomic E-state index is -5.24. The smallest absolute Gasteiger partial charge is 0.471 e. The fraction of sp³-hybridized carbons (Fsp3) is 0.448. The summed E-state index contributed by atoms with van der Waals surface area (Å²) in [6.45, 7) is 1.80. The zero-order valence-corrected chi connectivity index (χ0v) is 23.3. The summed E-state index contributed by atoms with van der Waals surface area (Å²) in [6, 6.07) is 4.29. The number of aliphatic hydroxyl groups excluding tert-OH is 1. The van der Waals surface area contributed by atoms with Crippen molar-refractivity contribution in [3.8, 4) is 11.5 Å². The number of fused-ring (bicyclic) bond motifs is 3. The van der Waals surface area contributed by atoms with Crippen molar-refractivity contribution >= 4 is 23.4 Å². The van der Waals surface area contributed by atoms with Gasteiger partial charge in [-0.05, 0) is 6.92 Å². The number of rotatable bonds is 5. The number of carbonyl (C=O) groups excluding carboxylic acids is 4. The summed E-state index contributed by atoms with van der Waals surface area (Å²) in [4.78, 5) is 50.0. The number of hydrogen-bond donors (Lipinski definition) is 5. The number of carbonyl (C=O) groups is 4. The van der Waals surface area contributed by atoms with Gasteiger partial charge in [0.2, 0.25) is 0 Å². The van der Waals surface area contributed by atoms with Gasteiger partial charge in [0, 0.05) is 48.4 Å². The number of nitrogens with one attached hydrogen (secondary N) is 1. The molecule has 2 aliphatic carbocycles. The molecule has 2 aromatic rings. The lowest BCUT2D eigenvalue weighted by Crippen LogP contribution is -2.57. The van der Waals surface area contributed by atoms with Crippen molar-refractivity contribution in [2.24, 2.45) is 0 Å². The largest absolute Gasteiger partial charge is 0.507 e. The SMILES string of the molecule is CC(=O)OC[C@]1(O)Cc2c(O)c3c(c(O)c2[C@@H](O[C@H]2C[C@H](NC(=O)C(F)(F)F)[C@@H](O)[C@H](C)O2)C1)C(=O)c1ccccc1C3=O. The molecule has 12 nitrogen and oxygen atoms in total. The van der Waals surface area contributed by atoms with Crippen molar-refractivity contribution in [2.75, 3.05) is 6.61 Å². The zero-order valence-electron chi connectivity index (χ0n) is 23.3. The Morgan fingerprint density at radius 1 is 1.09 bits per heavy atom. The van der Waals surface area contributed by atoms with Crippen LogP contribution in [0.3, 0.4) is 0 Å². The summed E-state index contributed by atoms with van der Waals surface area (Å²) in [6.07, 6.45) is -12.3. The minimum absolute atomic E-state index is 0.0199. The Labute approximate surface area is 247 Å². The zero-order chi connectivity index (χ0) is 32.3. The lowest BCUT2D eigenvalue weighted by Gasteiger charge is -2.43. The van der Waals surface area contributed by atoms with Crippen LogP contribution >= 0.6 is 0 Å². The van der Waals surface area contributed by atoms with Gasteiger partial charge in [-0.2, -0.15) is 13.2 Å². The van der Waals surface area contributed by atoms with Gasteiger partial charge in [0.1, 0.15) is 29.8 Å². The van der Waals surface area contributed by atoms with Crippen LogP contribution in [0.2, 0.25) is 0 Å². The molecular weight excluding hydrogens is 595 g/mol. The Morgan fingerprint density at radius 3 is 2.25 bits per heavy atom. The highest BCUT2D eigenvalue weighted by molar-refractivity contribution is 6.30. The molecule has 15 heteroatoms. The van der Waals surface area contributed by atoms with Gasteiger partial charge >= 0.3 is 18.1 Å². The molecule has 1 amide bonds. The molecule has 5 N–H and O–H groups in total. The van der Waals surface area contributed by atoms with Gasteiger partial charge < -0.3 is 40.0 Å². The average Bonchev–Trinajstić information content (AvgIpc) is 2.94. The van der Waals surface area contributed by atoms with Gasteiger partial charge in [0.25, 0.3) is 0 Å². The summed E-state index contributed by atoms with van der Waals surface area (Å²) in [5, 5.41) is 46.4. The molecule has 3 aliphatic rings. The number of aliphatic hydroxyl groups is 2. The Kier molecular flexibility index (Phi) is 7.95. The van der Waals surface area contributed by atoms with Gasteiger partial charge in [-0.25, -0.2) is 0 Å². The van der Waals surface area contributed by atoms with Crippen LogP contribution < -0.4 is 5.32 Å². The highest BCUT2D eigenvalue weighted by Gasteiger charge is 2.49. The Hall–Kier alpha value is -4.05. The molecule has 0 radical (unpaired) electrons. The second-order valence-corrected chi connectivity index (χ2v) is 11.1. The van der Waals surface area contributed by atoms with E-state index in [0.29, 0.717) is 0 Å². The maximum Gasteiger partial charge on any atom is 0.471 e. The van der Waals surface area contributed by atoms with Gasteiger partial charge in [-0.1, -0.05) is 24.3 Å². The number of aromatic hydroxyl groups is 2. The molecule has 1 saturated heterocycles. The van der Waals surface area contributed by atoms with Crippen LogP contribution in [0.25, 0.3) is 0 Å². The number of amides is 1. The number of alkyl halides is 3. The van der Waals surface area contributed by atoms with Gasteiger partial charge in [0.15, 0.2) is 17.9 Å². The van der Waals surface area contributed by atoms with Crippen LogP contribution in [-0.2, 0) is 30.2 Å². The first-order chi connectivity index (χ1) is 20.5. The van der Waals surface area contributed by atoms with Crippen LogP contribution in [-0.4, -0.2) is 86.8 Å². The van der Waals surface area contributed by atoms with E-state index in [1.807, 2.05) is 0 Å². The fourth-order valence-corrected chi connectivity index (χ4v) is 5.93. The summed E-state index contributed by atoms with van der Waals surface area (Å²) in [7, 11) is 0. The van der Waals surface area contributed by atoms with E-state index in [2.05, 4.69) is 0 Å². The highest BCUT2D eigenvalue weighted by Crippen LogP contribution is 2.52. The van der Waals surface area contributed by atoms with Crippen molar-refractivity contribution in [1.29, 1.82) is 0 Å². The van der Waals surface area contributed by atoms with Gasteiger partial charge in [-0.3, -0.25) is 19.2 Å². The molecule has 0 spiro atoms. The lowest BCUT2D eigenvalue weighted by molar-refractivity contribution is -0.252. The Balaban J connectivity index is 1.57. The molecule has 0 aromatic heterocycles. The molecule has 0 bridgehead atoms. The number of phenolic OH excluding ortho intramolecular Hbond substituents is 2. The van der Waals surface area contributed by atoms with Crippen LogP contribution in [0.15, 0.2) is 24.3 Å². The van der Waals surface area contributed by atoms with E-state index in [4.69, 9.17) is 14.2 Å². The van der Waals surface area contributed by atoms with Crippen molar-refractivity contribution in [1.82, 2.24) is 5.32 Å². The van der Waals surface area contributed by atoms with E-state index in [1.54, 1.807) is 5.32 Å². The van der Waals surface area contributed by atoms with E-state index >= 15 is 0 Å². The first-order valence-electron chi connectivity index (χ1n) is 13.5. The summed E-state index contributed by atoms with van der Waals surface area (Å²) >= 11 is 0. The van der Waals surface area contributed by atoms with Crippen molar-refractivity contribution in [3.05, 3.63) is 57.6 Å². The van der Waals surface area contributed by atoms with Crippen LogP contribution in [0.4, 0.5) is 13.2 Å². The molecule has 1 aliphatic heterocycles. The van der Waals surface area contributed by atoms with Gasteiger partial charge in [-0.15, -0.1) is 0 Å². The topological polar surface area (TPSA) is 189 Å². The van der Waals surface area contributed by atoms with Crippen molar-refractivity contribution in [3.63, 3.8) is 0 Å². The summed E-state index contributed by atoms with van der Waals surface area (Å²) in [5.41, 5.74) is -3.40. The maximum atomic E-state index is 13.5. The van der Waals surface area contributed by atoms with Crippen LogP contribution in [0.5, 0.6) is 11.5 Å². The Bertz CT molecular complexity index is 1560. The molecular formula is C29H28F3NO11. The normalized spacial score (nSPS) is 28.0. The number of ether oxygens (including phenoxy) is 3. The highest BCUT2D eigenvalue weighted by atomic mass is 19.4. The first-order valence-corrected chi connectivity index (χ1v) is 13.5. The number of benzene rings is 2. The predicted octanol–water partition coefficient (Wildman–Crippen LogP) is 1.71. The number of ketones is 2. The molecule has 2 aromatic carbocycles. The molecule has 1 fully saturated rings. The van der Waals surface area contributed by atoms with E-state index in [-0.39, 0.29) is 22.3 Å². The molecule has 0 unspecified atom stereocenters. The average molecular weight is 624 g/mol. The number of esters is 1. The number of halogens is 3. The lowest BCUT2D eigenvalue weighted by atomic mass is 9.73. The molecule has 5 rings (SSSR count). The van der Waals surface area contributed by atoms with Crippen LogP contribution in [0, 0.1) is 0 Å². The second kappa shape index (κ2) is 11.1. The third-order valence-corrected chi connectivity index (χ3v) is 7.99. The van der Waals surface area contributed by atoms with E-state index in [1.165, 1.54) is 31.2 Å². The van der Waals surface area contributed by atoms with E-state index < -0.39 is 114 Å². The summed E-state index contributed by atoms with van der Waals surface area (Å²) in [5.74, 6) is -6.04. The molecule has 0 saturated carbocycles. The minimum Gasteiger partial charge on any atom is -0.507 e. The standard InChI is InChI=1S/C29H28F3NO11/c1-11-22(35)16(33-27(40)29(30,31)32)7-18(43-11)44-17-9-28(41,10-42-12(2)34)8-15-19(17)26(39)21-20(25(15)38)23(36)13-5-3-4-6-14(13)24(21)37/h3-6,11,16-18,22,35,38-39,41H,7-10H2,1-2H3,(H,33,40)/t11-,16-,17-,18-,22-,28-/m0/s1. The fourth-order valence-electron chi connectivity index (χ4n) is 5.93.